The highest BCUT2D eigenvalue weighted by Gasteiger charge is 2.28. The molecule has 1 aromatic rings. The van der Waals surface area contributed by atoms with Crippen molar-refractivity contribution < 1.29 is 0 Å². The monoisotopic (exact) mass is 315 g/mol. The molecular weight excluding hydrogens is 286 g/mol. The van der Waals surface area contributed by atoms with Gasteiger partial charge in [0, 0.05) is 71.1 Å². The number of hydrogen-bond acceptors (Lipinski definition) is 5. The number of hydrogen-bond donors (Lipinski definition) is 1. The third-order valence-corrected chi connectivity index (χ3v) is 5.56. The first kappa shape index (κ1) is 15.4. The summed E-state index contributed by atoms with van der Waals surface area (Å²) in [7, 11) is 0. The molecule has 0 spiro atoms. The summed E-state index contributed by atoms with van der Waals surface area (Å²) >= 11 is 0. The number of nitrogens with one attached hydrogen (secondary N) is 1. The van der Waals surface area contributed by atoms with Gasteiger partial charge in [0.05, 0.1) is 0 Å². The van der Waals surface area contributed by atoms with Gasteiger partial charge in [0.25, 0.3) is 0 Å². The molecule has 3 fully saturated rings. The molecule has 1 N–H and O–H groups in total. The van der Waals surface area contributed by atoms with Crippen molar-refractivity contribution in [3.8, 4) is 0 Å². The zero-order valence-electron chi connectivity index (χ0n) is 14.1. The van der Waals surface area contributed by atoms with Crippen LogP contribution in [0.25, 0.3) is 0 Å². The molecule has 5 nitrogen and oxygen atoms in total. The summed E-state index contributed by atoms with van der Waals surface area (Å²) in [4.78, 5) is 12.4. The number of likely N-dealkylation sites (tertiary alicyclic amines) is 1. The highest BCUT2D eigenvalue weighted by Crippen LogP contribution is 2.21. The van der Waals surface area contributed by atoms with Gasteiger partial charge in [-0.1, -0.05) is 6.07 Å². The molecular formula is C18H29N5. The molecule has 3 aliphatic rings. The van der Waals surface area contributed by atoms with Crippen molar-refractivity contribution in [1.29, 1.82) is 0 Å². The molecule has 4 rings (SSSR count). The summed E-state index contributed by atoms with van der Waals surface area (Å²) in [5, 5.41) is 3.45. The van der Waals surface area contributed by atoms with E-state index in [0.717, 1.165) is 31.5 Å². The fourth-order valence-electron chi connectivity index (χ4n) is 4.20. The molecule has 5 heteroatoms. The molecule has 1 aromatic heterocycles. The molecule has 3 saturated heterocycles. The van der Waals surface area contributed by atoms with E-state index in [9.17, 15) is 0 Å². The van der Waals surface area contributed by atoms with Gasteiger partial charge >= 0.3 is 0 Å². The second-order valence-electron chi connectivity index (χ2n) is 7.18. The van der Waals surface area contributed by atoms with Crippen molar-refractivity contribution in [2.75, 3.05) is 57.3 Å². The molecule has 1 unspecified atom stereocenters. The molecule has 0 amide bonds. The van der Waals surface area contributed by atoms with E-state index in [0.29, 0.717) is 0 Å². The normalized spacial score (nSPS) is 27.0. The number of rotatable bonds is 4. The van der Waals surface area contributed by atoms with Crippen molar-refractivity contribution in [3.05, 3.63) is 23.9 Å². The largest absolute Gasteiger partial charge is 0.357 e. The lowest BCUT2D eigenvalue weighted by Gasteiger charge is -2.32. The van der Waals surface area contributed by atoms with E-state index >= 15 is 0 Å². The summed E-state index contributed by atoms with van der Waals surface area (Å²) in [5.74, 6) is 1.16. The maximum Gasteiger partial charge on any atom is 0.128 e. The molecule has 0 radical (unpaired) electrons. The minimum absolute atomic E-state index is 0.758. The van der Waals surface area contributed by atoms with Gasteiger partial charge in [0.15, 0.2) is 0 Å². The van der Waals surface area contributed by atoms with Gasteiger partial charge in [0.1, 0.15) is 5.82 Å². The van der Waals surface area contributed by atoms with Gasteiger partial charge in [-0.05, 0) is 30.9 Å². The minimum atomic E-state index is 0.758. The van der Waals surface area contributed by atoms with Crippen molar-refractivity contribution in [2.24, 2.45) is 0 Å². The maximum atomic E-state index is 4.69. The molecule has 3 aliphatic heterocycles. The number of nitrogens with zero attached hydrogens (tertiary/aromatic N) is 4. The molecule has 23 heavy (non-hydrogen) atoms. The van der Waals surface area contributed by atoms with E-state index in [-0.39, 0.29) is 0 Å². The predicted octanol–water partition coefficient (Wildman–Crippen LogP) is 1.16. The zero-order chi connectivity index (χ0) is 15.5. The molecule has 0 aromatic carbocycles. The van der Waals surface area contributed by atoms with E-state index < -0.39 is 0 Å². The maximum absolute atomic E-state index is 4.69. The Hall–Kier alpha value is -1.17. The first-order valence-corrected chi connectivity index (χ1v) is 9.25. The van der Waals surface area contributed by atoms with Gasteiger partial charge in [0.2, 0.25) is 0 Å². The van der Waals surface area contributed by atoms with Crippen LogP contribution in [0.5, 0.6) is 0 Å². The standard InChI is InChI=1S/C18H29N5/c1-2-9-23(8-1)18-4-3-16(13-20-18)14-21-10-5-17(15-21)22-11-6-19-7-12-22/h3-4,13,17,19H,1-2,5-12,14-15H2. The van der Waals surface area contributed by atoms with Crippen molar-refractivity contribution >= 4 is 5.82 Å². The van der Waals surface area contributed by atoms with E-state index in [4.69, 9.17) is 4.98 Å². The van der Waals surface area contributed by atoms with Gasteiger partial charge < -0.3 is 10.2 Å². The second-order valence-corrected chi connectivity index (χ2v) is 7.18. The Kier molecular flexibility index (Phi) is 4.78. The Bertz CT molecular complexity index is 491. The quantitative estimate of drug-likeness (QED) is 0.902. The molecule has 0 bridgehead atoms. The lowest BCUT2D eigenvalue weighted by molar-refractivity contribution is 0.170. The van der Waals surface area contributed by atoms with E-state index in [1.807, 2.05) is 0 Å². The van der Waals surface area contributed by atoms with Crippen LogP contribution in [0.15, 0.2) is 18.3 Å². The van der Waals surface area contributed by atoms with Crippen LogP contribution in [-0.4, -0.2) is 73.2 Å². The Morgan fingerprint density at radius 2 is 1.87 bits per heavy atom. The average Bonchev–Trinajstić information content (AvgIpc) is 3.28. The minimum Gasteiger partial charge on any atom is -0.357 e. The van der Waals surface area contributed by atoms with Crippen LogP contribution in [0.3, 0.4) is 0 Å². The van der Waals surface area contributed by atoms with Gasteiger partial charge in [-0.15, -0.1) is 0 Å². The van der Waals surface area contributed by atoms with Gasteiger partial charge in [-0.3, -0.25) is 9.80 Å². The fourth-order valence-corrected chi connectivity index (χ4v) is 4.20. The molecule has 0 saturated carbocycles. The van der Waals surface area contributed by atoms with Crippen LogP contribution in [0.4, 0.5) is 5.82 Å². The van der Waals surface area contributed by atoms with E-state index in [1.54, 1.807) is 0 Å². The molecule has 126 valence electrons. The number of aromatic nitrogens is 1. The summed E-state index contributed by atoms with van der Waals surface area (Å²) in [6, 6.07) is 5.25. The summed E-state index contributed by atoms with van der Waals surface area (Å²) < 4.78 is 0. The Balaban J connectivity index is 1.30. The Labute approximate surface area is 139 Å². The topological polar surface area (TPSA) is 34.6 Å². The summed E-state index contributed by atoms with van der Waals surface area (Å²) in [6.07, 6.45) is 6.03. The van der Waals surface area contributed by atoms with E-state index in [1.165, 1.54) is 64.1 Å². The number of pyridine rings is 1. The van der Waals surface area contributed by atoms with Crippen LogP contribution in [0.1, 0.15) is 24.8 Å². The number of anilines is 1. The lowest BCUT2D eigenvalue weighted by Crippen LogP contribution is -2.49. The van der Waals surface area contributed by atoms with Crippen LogP contribution < -0.4 is 10.2 Å². The average molecular weight is 315 g/mol. The first-order valence-electron chi connectivity index (χ1n) is 9.25. The van der Waals surface area contributed by atoms with Crippen LogP contribution in [-0.2, 0) is 6.54 Å². The van der Waals surface area contributed by atoms with E-state index in [2.05, 4.69) is 38.3 Å². The summed E-state index contributed by atoms with van der Waals surface area (Å²) in [6.45, 7) is 10.6. The third kappa shape index (κ3) is 3.67. The predicted molar refractivity (Wildman–Crippen MR) is 93.8 cm³/mol. The van der Waals surface area contributed by atoms with Crippen LogP contribution in [0.2, 0.25) is 0 Å². The highest BCUT2D eigenvalue weighted by molar-refractivity contribution is 5.40. The second kappa shape index (κ2) is 7.16. The van der Waals surface area contributed by atoms with Gasteiger partial charge in [-0.2, -0.15) is 0 Å². The Morgan fingerprint density at radius 3 is 2.61 bits per heavy atom. The first-order chi connectivity index (χ1) is 11.4. The number of piperazine rings is 1. The Morgan fingerprint density at radius 1 is 1.04 bits per heavy atom. The van der Waals surface area contributed by atoms with Crippen LogP contribution in [0, 0.1) is 0 Å². The molecule has 4 heterocycles. The third-order valence-electron chi connectivity index (χ3n) is 5.56. The highest BCUT2D eigenvalue weighted by atomic mass is 15.3. The fraction of sp³-hybridized carbons (Fsp3) is 0.722. The summed E-state index contributed by atoms with van der Waals surface area (Å²) in [5.41, 5.74) is 1.36. The van der Waals surface area contributed by atoms with Crippen LogP contribution >= 0.6 is 0 Å². The molecule has 0 aliphatic carbocycles. The molecule has 1 atom stereocenters. The lowest BCUT2D eigenvalue weighted by atomic mass is 10.2. The van der Waals surface area contributed by atoms with Gasteiger partial charge in [-0.25, -0.2) is 4.98 Å². The van der Waals surface area contributed by atoms with Crippen molar-refractivity contribution in [3.63, 3.8) is 0 Å². The zero-order valence-corrected chi connectivity index (χ0v) is 14.1. The van der Waals surface area contributed by atoms with Crippen molar-refractivity contribution in [1.82, 2.24) is 20.1 Å². The smallest absolute Gasteiger partial charge is 0.128 e. The van der Waals surface area contributed by atoms with Crippen molar-refractivity contribution in [2.45, 2.75) is 31.8 Å². The SMILES string of the molecule is c1cc(N2CCCC2)ncc1CN1CCC(N2CCNCC2)C1.